The van der Waals surface area contributed by atoms with Crippen molar-refractivity contribution in [2.45, 2.75) is 26.7 Å². The van der Waals surface area contributed by atoms with Crippen molar-refractivity contribution in [3.05, 3.63) is 24.3 Å². The molecule has 0 heterocycles. The van der Waals surface area contributed by atoms with Crippen LogP contribution in [-0.4, -0.2) is 19.1 Å². The molecule has 0 aliphatic heterocycles. The van der Waals surface area contributed by atoms with Crippen LogP contribution in [0, 0.1) is 5.92 Å². The number of nitrogens with one attached hydrogen (secondary N) is 1. The Hall–Kier alpha value is -1.55. The number of carbonyl (C=O) groups excluding carboxylic acids is 1. The van der Waals surface area contributed by atoms with Gasteiger partial charge in [-0.2, -0.15) is 0 Å². The molecule has 3 N–H and O–H groups in total. The molecule has 0 bridgehead atoms. The number of benzene rings is 1. The average molecular weight is 250 g/mol. The molecular formula is C14H22N2O2. The van der Waals surface area contributed by atoms with E-state index in [-0.39, 0.29) is 11.8 Å². The van der Waals surface area contributed by atoms with Crippen molar-refractivity contribution in [1.82, 2.24) is 0 Å². The number of hydrogen-bond donors (Lipinski definition) is 2. The van der Waals surface area contributed by atoms with Crippen LogP contribution in [0.1, 0.15) is 26.7 Å². The summed E-state index contributed by atoms with van der Waals surface area (Å²) >= 11 is 0. The molecule has 1 unspecified atom stereocenters. The molecule has 1 rings (SSSR count). The van der Waals surface area contributed by atoms with Gasteiger partial charge in [-0.1, -0.05) is 6.92 Å². The number of amides is 1. The van der Waals surface area contributed by atoms with E-state index < -0.39 is 0 Å². The summed E-state index contributed by atoms with van der Waals surface area (Å²) in [5.74, 6) is 0.833. The van der Waals surface area contributed by atoms with Gasteiger partial charge in [-0.25, -0.2) is 0 Å². The maximum absolute atomic E-state index is 11.8. The molecule has 100 valence electrons. The Kier molecular flexibility index (Phi) is 6.22. The van der Waals surface area contributed by atoms with Crippen LogP contribution >= 0.6 is 0 Å². The number of anilines is 1. The smallest absolute Gasteiger partial charge is 0.227 e. The van der Waals surface area contributed by atoms with Crippen LogP contribution in [0.15, 0.2) is 24.3 Å². The van der Waals surface area contributed by atoms with Crippen LogP contribution in [0.2, 0.25) is 0 Å². The van der Waals surface area contributed by atoms with Gasteiger partial charge < -0.3 is 15.8 Å². The normalized spacial score (nSPS) is 11.9. The van der Waals surface area contributed by atoms with E-state index in [9.17, 15) is 4.79 Å². The van der Waals surface area contributed by atoms with E-state index in [0.29, 0.717) is 13.2 Å². The highest BCUT2D eigenvalue weighted by atomic mass is 16.5. The summed E-state index contributed by atoms with van der Waals surface area (Å²) in [7, 11) is 0. The standard InChI is InChI=1S/C14H22N2O2/c1-3-18-13-8-6-12(7-9-13)16-14(17)11(2)5-4-10-15/h6-9,11H,3-5,10,15H2,1-2H3,(H,16,17). The molecule has 0 aliphatic carbocycles. The first-order chi connectivity index (χ1) is 8.67. The van der Waals surface area contributed by atoms with Gasteiger partial charge in [0.25, 0.3) is 0 Å². The van der Waals surface area contributed by atoms with Crippen molar-refractivity contribution in [2.24, 2.45) is 11.7 Å². The minimum Gasteiger partial charge on any atom is -0.494 e. The van der Waals surface area contributed by atoms with Crippen molar-refractivity contribution in [2.75, 3.05) is 18.5 Å². The van der Waals surface area contributed by atoms with Gasteiger partial charge in [-0.3, -0.25) is 4.79 Å². The van der Waals surface area contributed by atoms with Gasteiger partial charge in [0.05, 0.1) is 6.61 Å². The summed E-state index contributed by atoms with van der Waals surface area (Å²) in [6, 6.07) is 7.39. The quantitative estimate of drug-likeness (QED) is 0.781. The van der Waals surface area contributed by atoms with E-state index in [2.05, 4.69) is 5.32 Å². The van der Waals surface area contributed by atoms with Crippen molar-refractivity contribution in [3.8, 4) is 5.75 Å². The predicted octanol–water partition coefficient (Wildman–Crippen LogP) is 2.40. The number of rotatable bonds is 7. The lowest BCUT2D eigenvalue weighted by Crippen LogP contribution is -2.21. The molecule has 1 aromatic carbocycles. The summed E-state index contributed by atoms with van der Waals surface area (Å²) in [5.41, 5.74) is 6.22. The largest absolute Gasteiger partial charge is 0.494 e. The van der Waals surface area contributed by atoms with Crippen molar-refractivity contribution >= 4 is 11.6 Å². The van der Waals surface area contributed by atoms with Crippen LogP contribution in [-0.2, 0) is 4.79 Å². The van der Waals surface area contributed by atoms with Gasteiger partial charge in [0.2, 0.25) is 5.91 Å². The van der Waals surface area contributed by atoms with E-state index >= 15 is 0 Å². The molecule has 0 saturated heterocycles. The fourth-order valence-electron chi connectivity index (χ4n) is 1.62. The first kappa shape index (κ1) is 14.5. The minimum atomic E-state index is -0.0138. The first-order valence-electron chi connectivity index (χ1n) is 6.41. The van der Waals surface area contributed by atoms with E-state index in [1.165, 1.54) is 0 Å². The number of hydrogen-bond acceptors (Lipinski definition) is 3. The van der Waals surface area contributed by atoms with E-state index in [0.717, 1.165) is 24.3 Å². The van der Waals surface area contributed by atoms with Crippen LogP contribution in [0.5, 0.6) is 5.75 Å². The van der Waals surface area contributed by atoms with Gasteiger partial charge >= 0.3 is 0 Å². The molecule has 0 radical (unpaired) electrons. The minimum absolute atomic E-state index is 0.0138. The Morgan fingerprint density at radius 3 is 2.61 bits per heavy atom. The second-order valence-corrected chi connectivity index (χ2v) is 4.28. The Bertz CT molecular complexity index is 363. The Morgan fingerprint density at radius 2 is 2.06 bits per heavy atom. The Balaban J connectivity index is 2.48. The molecular weight excluding hydrogens is 228 g/mol. The Labute approximate surface area is 109 Å². The molecule has 0 spiro atoms. The molecule has 0 aliphatic rings. The van der Waals surface area contributed by atoms with Crippen molar-refractivity contribution in [1.29, 1.82) is 0 Å². The van der Waals surface area contributed by atoms with Gasteiger partial charge in [0, 0.05) is 11.6 Å². The predicted molar refractivity (Wildman–Crippen MR) is 73.7 cm³/mol. The highest BCUT2D eigenvalue weighted by molar-refractivity contribution is 5.92. The molecule has 0 saturated carbocycles. The molecule has 0 aromatic heterocycles. The van der Waals surface area contributed by atoms with Crippen molar-refractivity contribution in [3.63, 3.8) is 0 Å². The third-order valence-electron chi connectivity index (χ3n) is 2.72. The first-order valence-corrected chi connectivity index (χ1v) is 6.41. The summed E-state index contributed by atoms with van der Waals surface area (Å²) in [6.45, 7) is 5.12. The third kappa shape index (κ3) is 4.75. The van der Waals surface area contributed by atoms with E-state index in [1.54, 1.807) is 0 Å². The fourth-order valence-corrected chi connectivity index (χ4v) is 1.62. The SMILES string of the molecule is CCOc1ccc(NC(=O)C(C)CCCN)cc1. The lowest BCUT2D eigenvalue weighted by atomic mass is 10.0. The average Bonchev–Trinajstić information content (AvgIpc) is 2.38. The maximum Gasteiger partial charge on any atom is 0.227 e. The van der Waals surface area contributed by atoms with Crippen LogP contribution in [0.3, 0.4) is 0 Å². The maximum atomic E-state index is 11.8. The highest BCUT2D eigenvalue weighted by Gasteiger charge is 2.12. The summed E-state index contributed by atoms with van der Waals surface area (Å²) in [6.07, 6.45) is 1.69. The van der Waals surface area contributed by atoms with E-state index in [1.807, 2.05) is 38.1 Å². The fraction of sp³-hybridized carbons (Fsp3) is 0.500. The number of carbonyl (C=O) groups is 1. The van der Waals surface area contributed by atoms with Crippen molar-refractivity contribution < 1.29 is 9.53 Å². The second-order valence-electron chi connectivity index (χ2n) is 4.28. The van der Waals surface area contributed by atoms with Crippen LogP contribution < -0.4 is 15.8 Å². The molecule has 1 amide bonds. The number of ether oxygens (including phenoxy) is 1. The van der Waals surface area contributed by atoms with Gasteiger partial charge in [0.15, 0.2) is 0 Å². The summed E-state index contributed by atoms with van der Waals surface area (Å²) in [4.78, 5) is 11.8. The van der Waals surface area contributed by atoms with Gasteiger partial charge in [-0.15, -0.1) is 0 Å². The zero-order chi connectivity index (χ0) is 13.4. The third-order valence-corrected chi connectivity index (χ3v) is 2.72. The van der Waals surface area contributed by atoms with Gasteiger partial charge in [0.1, 0.15) is 5.75 Å². The number of nitrogens with two attached hydrogens (primary N) is 1. The lowest BCUT2D eigenvalue weighted by molar-refractivity contribution is -0.119. The molecule has 4 heteroatoms. The van der Waals surface area contributed by atoms with Gasteiger partial charge in [-0.05, 0) is 50.6 Å². The second kappa shape index (κ2) is 7.71. The van der Waals surface area contributed by atoms with E-state index in [4.69, 9.17) is 10.5 Å². The molecule has 1 aromatic rings. The lowest BCUT2D eigenvalue weighted by Gasteiger charge is -2.12. The molecule has 4 nitrogen and oxygen atoms in total. The topological polar surface area (TPSA) is 64.3 Å². The summed E-state index contributed by atoms with van der Waals surface area (Å²) < 4.78 is 5.34. The monoisotopic (exact) mass is 250 g/mol. The van der Waals surface area contributed by atoms with Crippen LogP contribution in [0.25, 0.3) is 0 Å². The molecule has 0 fully saturated rings. The molecule has 1 atom stereocenters. The zero-order valence-corrected chi connectivity index (χ0v) is 11.1. The zero-order valence-electron chi connectivity index (χ0n) is 11.1. The summed E-state index contributed by atoms with van der Waals surface area (Å²) in [5, 5.41) is 2.88. The Morgan fingerprint density at radius 1 is 1.39 bits per heavy atom. The van der Waals surface area contributed by atoms with Crippen LogP contribution in [0.4, 0.5) is 5.69 Å². The molecule has 18 heavy (non-hydrogen) atoms. The highest BCUT2D eigenvalue weighted by Crippen LogP contribution is 2.17.